The third-order valence-corrected chi connectivity index (χ3v) is 4.07. The molecule has 0 aliphatic rings. The summed E-state index contributed by atoms with van der Waals surface area (Å²) in [5.74, 6) is -1.30. The maximum Gasteiger partial charge on any atom is 0.433 e. The molecular formula is C16H11N7O8. The average Bonchev–Trinajstić information content (AvgIpc) is 3.36. The predicted octanol–water partition coefficient (Wildman–Crippen LogP) is 2.47. The number of hydrogen-bond acceptors (Lipinski definition) is 10. The van der Waals surface area contributed by atoms with Crippen LogP contribution >= 0.6 is 0 Å². The highest BCUT2D eigenvalue weighted by Gasteiger charge is 2.24. The molecule has 0 saturated carbocycles. The second kappa shape index (κ2) is 8.19. The van der Waals surface area contributed by atoms with E-state index in [0.29, 0.717) is 5.56 Å². The van der Waals surface area contributed by atoms with Crippen LogP contribution in [0.1, 0.15) is 21.5 Å². The van der Waals surface area contributed by atoms with Gasteiger partial charge in [-0.3, -0.25) is 40.2 Å². The maximum absolute atomic E-state index is 12.4. The predicted molar refractivity (Wildman–Crippen MR) is 102 cm³/mol. The van der Waals surface area contributed by atoms with Gasteiger partial charge in [-0.05, 0) is 13.0 Å². The zero-order valence-electron chi connectivity index (χ0n) is 15.5. The first-order chi connectivity index (χ1) is 14.7. The fourth-order valence-electron chi connectivity index (χ4n) is 2.59. The summed E-state index contributed by atoms with van der Waals surface area (Å²) in [5.41, 5.74) is 1.08. The normalized spacial score (nSPS) is 10.9. The van der Waals surface area contributed by atoms with Gasteiger partial charge >= 0.3 is 5.88 Å². The van der Waals surface area contributed by atoms with Crippen LogP contribution < -0.4 is 5.43 Å². The molecule has 15 heteroatoms. The molecule has 0 radical (unpaired) electrons. The van der Waals surface area contributed by atoms with Crippen LogP contribution in [0.2, 0.25) is 0 Å². The Labute approximate surface area is 170 Å². The van der Waals surface area contributed by atoms with Crippen molar-refractivity contribution in [1.29, 1.82) is 0 Å². The molecule has 0 spiro atoms. The van der Waals surface area contributed by atoms with Crippen LogP contribution in [0.3, 0.4) is 0 Å². The average molecular weight is 429 g/mol. The number of amides is 1. The number of furan rings is 1. The van der Waals surface area contributed by atoms with E-state index in [1.54, 1.807) is 0 Å². The Kier molecular flexibility index (Phi) is 5.49. The first-order valence-electron chi connectivity index (χ1n) is 8.23. The van der Waals surface area contributed by atoms with Gasteiger partial charge in [0.1, 0.15) is 10.6 Å². The third kappa shape index (κ3) is 4.24. The van der Waals surface area contributed by atoms with E-state index in [2.05, 4.69) is 20.7 Å². The van der Waals surface area contributed by atoms with E-state index in [9.17, 15) is 35.1 Å². The van der Waals surface area contributed by atoms with Crippen molar-refractivity contribution in [1.82, 2.24) is 15.6 Å². The number of benzene rings is 1. The van der Waals surface area contributed by atoms with Crippen LogP contribution in [-0.2, 0) is 0 Å². The monoisotopic (exact) mass is 429 g/mol. The van der Waals surface area contributed by atoms with E-state index in [4.69, 9.17) is 4.42 Å². The molecule has 0 aliphatic heterocycles. The lowest BCUT2D eigenvalue weighted by atomic mass is 10.1. The summed E-state index contributed by atoms with van der Waals surface area (Å²) in [6.45, 7) is 1.28. The Balaban J connectivity index is 1.84. The minimum atomic E-state index is -0.917. The van der Waals surface area contributed by atoms with Crippen LogP contribution in [0.5, 0.6) is 0 Å². The number of hydrazone groups is 1. The lowest BCUT2D eigenvalue weighted by Gasteiger charge is -2.05. The zero-order chi connectivity index (χ0) is 22.7. The molecule has 0 unspecified atom stereocenters. The Morgan fingerprint density at radius 3 is 2.52 bits per heavy atom. The molecule has 3 aromatic rings. The van der Waals surface area contributed by atoms with Crippen molar-refractivity contribution in [2.75, 3.05) is 0 Å². The summed E-state index contributed by atoms with van der Waals surface area (Å²) in [7, 11) is 0. The van der Waals surface area contributed by atoms with Gasteiger partial charge in [0, 0.05) is 17.2 Å². The van der Waals surface area contributed by atoms with Crippen molar-refractivity contribution in [2.24, 2.45) is 5.10 Å². The van der Waals surface area contributed by atoms with E-state index < -0.39 is 37.9 Å². The number of hydrogen-bond donors (Lipinski definition) is 2. The molecule has 2 aromatic heterocycles. The molecule has 158 valence electrons. The molecule has 0 atom stereocenters. The summed E-state index contributed by atoms with van der Waals surface area (Å²) < 4.78 is 5.07. The van der Waals surface area contributed by atoms with Crippen molar-refractivity contribution in [3.63, 3.8) is 0 Å². The molecule has 1 aromatic carbocycles. The molecule has 31 heavy (non-hydrogen) atoms. The minimum absolute atomic E-state index is 0.0739. The largest absolute Gasteiger partial charge is 0.433 e. The van der Waals surface area contributed by atoms with Crippen molar-refractivity contribution in [3.05, 3.63) is 77.5 Å². The number of non-ortho nitro benzene ring substituents is 1. The number of nitrogens with zero attached hydrogens (tertiary/aromatic N) is 5. The molecule has 3 rings (SSSR count). The van der Waals surface area contributed by atoms with Gasteiger partial charge in [0.2, 0.25) is 0 Å². The van der Waals surface area contributed by atoms with Crippen LogP contribution in [0.4, 0.5) is 17.3 Å². The lowest BCUT2D eigenvalue weighted by Crippen LogP contribution is -2.19. The highest BCUT2D eigenvalue weighted by molar-refractivity contribution is 5.98. The van der Waals surface area contributed by atoms with E-state index >= 15 is 0 Å². The first kappa shape index (κ1) is 20.8. The second-order valence-corrected chi connectivity index (χ2v) is 5.95. The van der Waals surface area contributed by atoms with Gasteiger partial charge in [0.05, 0.1) is 40.0 Å². The SMILES string of the molecule is Cc1c(C(=O)N/N=C/c2cn[nH]c2-c2ccc([N+](=O)[O-])o2)cc([N+](=O)[O-])cc1[N+](=O)[O-]. The number of carbonyl (C=O) groups is 1. The van der Waals surface area contributed by atoms with Crippen molar-refractivity contribution >= 4 is 29.4 Å². The molecule has 0 aliphatic carbocycles. The smallest absolute Gasteiger partial charge is 0.399 e. The highest BCUT2D eigenvalue weighted by atomic mass is 16.7. The zero-order valence-corrected chi connectivity index (χ0v) is 15.5. The fourth-order valence-corrected chi connectivity index (χ4v) is 2.59. The maximum atomic E-state index is 12.4. The Morgan fingerprint density at radius 2 is 1.90 bits per heavy atom. The summed E-state index contributed by atoms with van der Waals surface area (Å²) in [6, 6.07) is 4.15. The van der Waals surface area contributed by atoms with Crippen molar-refractivity contribution in [3.8, 4) is 11.5 Å². The number of aromatic nitrogens is 2. The van der Waals surface area contributed by atoms with Crippen LogP contribution in [0.15, 0.2) is 40.0 Å². The molecule has 2 N–H and O–H groups in total. The number of aromatic amines is 1. The van der Waals surface area contributed by atoms with E-state index in [0.717, 1.165) is 24.4 Å². The second-order valence-electron chi connectivity index (χ2n) is 5.95. The van der Waals surface area contributed by atoms with Crippen LogP contribution in [0, 0.1) is 37.3 Å². The molecule has 0 fully saturated rings. The molecule has 1 amide bonds. The lowest BCUT2D eigenvalue weighted by molar-refractivity contribution is -0.401. The van der Waals surface area contributed by atoms with Gasteiger partial charge in [-0.15, -0.1) is 0 Å². The summed E-state index contributed by atoms with van der Waals surface area (Å²) >= 11 is 0. The molecule has 2 heterocycles. The Morgan fingerprint density at radius 1 is 1.16 bits per heavy atom. The van der Waals surface area contributed by atoms with Gasteiger partial charge in [-0.1, -0.05) is 0 Å². The Hall–Kier alpha value is -4.95. The van der Waals surface area contributed by atoms with Gasteiger partial charge in [0.15, 0.2) is 5.76 Å². The number of nitrogens with one attached hydrogen (secondary N) is 2. The van der Waals surface area contributed by atoms with Crippen molar-refractivity contribution in [2.45, 2.75) is 6.92 Å². The molecular weight excluding hydrogens is 418 g/mol. The molecule has 15 nitrogen and oxygen atoms in total. The van der Waals surface area contributed by atoms with E-state index in [1.165, 1.54) is 19.2 Å². The molecule has 0 bridgehead atoms. The highest BCUT2D eigenvalue weighted by Crippen LogP contribution is 2.28. The van der Waals surface area contributed by atoms with Gasteiger partial charge in [-0.25, -0.2) is 5.43 Å². The van der Waals surface area contributed by atoms with Gasteiger partial charge in [0.25, 0.3) is 17.3 Å². The van der Waals surface area contributed by atoms with Gasteiger partial charge in [-0.2, -0.15) is 10.2 Å². The molecule has 0 saturated heterocycles. The minimum Gasteiger partial charge on any atom is -0.399 e. The van der Waals surface area contributed by atoms with Crippen molar-refractivity contribution < 1.29 is 24.0 Å². The summed E-state index contributed by atoms with van der Waals surface area (Å²) in [4.78, 5) is 42.9. The number of nitro groups is 3. The Bertz CT molecular complexity index is 1240. The standard InChI is InChI=1S/C16H11N7O8/c1-8-11(4-10(21(25)26)5-12(8)22(27)28)16(24)20-18-7-9-6-17-19-15(9)13-2-3-14(31-13)23(29)30/h2-7H,1H3,(H,17,19)(H,20,24)/b18-7+. The number of H-pyrrole nitrogens is 1. The van der Waals surface area contributed by atoms with Crippen LogP contribution in [0.25, 0.3) is 11.5 Å². The fraction of sp³-hybridized carbons (Fsp3) is 0.0625. The van der Waals surface area contributed by atoms with Crippen LogP contribution in [-0.4, -0.2) is 37.1 Å². The first-order valence-corrected chi connectivity index (χ1v) is 8.23. The quantitative estimate of drug-likeness (QED) is 0.320. The van der Waals surface area contributed by atoms with E-state index in [1.807, 2.05) is 0 Å². The number of nitro benzene ring substituents is 2. The summed E-state index contributed by atoms with van der Waals surface area (Å²) in [6.07, 6.45) is 2.45. The van der Waals surface area contributed by atoms with Gasteiger partial charge < -0.3 is 4.42 Å². The number of carbonyl (C=O) groups excluding carboxylic acids is 1. The van der Waals surface area contributed by atoms with E-state index in [-0.39, 0.29) is 22.6 Å². The third-order valence-electron chi connectivity index (χ3n) is 4.07. The summed E-state index contributed by atoms with van der Waals surface area (Å²) in [5, 5.41) is 42.9. The topological polar surface area (TPSA) is 213 Å². The number of rotatable bonds is 7.